The molecule has 0 bridgehead atoms. The molecule has 1 unspecified atom stereocenters. The molecule has 1 saturated heterocycles. The molecule has 8 heteroatoms. The third-order valence-electron chi connectivity index (χ3n) is 3.61. The molecule has 1 aliphatic heterocycles. The zero-order chi connectivity index (χ0) is 17.1. The van der Waals surface area contributed by atoms with Crippen molar-refractivity contribution in [1.29, 1.82) is 0 Å². The molecule has 3 N–H and O–H groups in total. The lowest BCUT2D eigenvalue weighted by Gasteiger charge is -2.24. The molecule has 130 valence electrons. The molecule has 1 atom stereocenters. The maximum absolute atomic E-state index is 12.6. The van der Waals surface area contributed by atoms with E-state index in [-0.39, 0.29) is 23.1 Å². The number of hydrogen-bond donors (Lipinski definition) is 2. The van der Waals surface area contributed by atoms with E-state index in [4.69, 9.17) is 26.8 Å². The summed E-state index contributed by atoms with van der Waals surface area (Å²) in [7, 11) is -3.80. The fourth-order valence-electron chi connectivity index (χ4n) is 2.19. The summed E-state index contributed by atoms with van der Waals surface area (Å²) in [6.07, 6.45) is 0.911. The predicted octanol–water partition coefficient (Wildman–Crippen LogP) is 1.77. The van der Waals surface area contributed by atoms with Gasteiger partial charge in [0.25, 0.3) is 0 Å². The van der Waals surface area contributed by atoms with Gasteiger partial charge in [0.2, 0.25) is 10.0 Å². The maximum Gasteiger partial charge on any atom is 0.244 e. The lowest BCUT2D eigenvalue weighted by Crippen LogP contribution is -2.48. The molecule has 1 aromatic carbocycles. The Kier molecular flexibility index (Phi) is 5.91. The molecule has 1 fully saturated rings. The van der Waals surface area contributed by atoms with Crippen molar-refractivity contribution in [3.05, 3.63) is 23.2 Å². The number of rotatable bonds is 7. The molecular formula is C15H23ClN2O4S. The second kappa shape index (κ2) is 7.36. The number of nitrogens with one attached hydrogen (secondary N) is 1. The number of hydrogen-bond acceptors (Lipinski definition) is 5. The quantitative estimate of drug-likeness (QED) is 0.771. The minimum absolute atomic E-state index is 0.0189. The first-order valence-corrected chi connectivity index (χ1v) is 9.34. The Morgan fingerprint density at radius 1 is 1.48 bits per heavy atom. The highest BCUT2D eigenvalue weighted by molar-refractivity contribution is 7.89. The monoisotopic (exact) mass is 362 g/mol. The van der Waals surface area contributed by atoms with Gasteiger partial charge >= 0.3 is 0 Å². The number of halogens is 1. The fraction of sp³-hybridized carbons (Fsp3) is 0.600. The van der Waals surface area contributed by atoms with Crippen LogP contribution in [0.3, 0.4) is 0 Å². The minimum Gasteiger partial charge on any atom is -0.492 e. The maximum atomic E-state index is 12.6. The smallest absolute Gasteiger partial charge is 0.244 e. The molecule has 1 aromatic rings. The van der Waals surface area contributed by atoms with Crippen molar-refractivity contribution >= 4 is 21.6 Å². The van der Waals surface area contributed by atoms with Gasteiger partial charge in [-0.1, -0.05) is 11.6 Å². The van der Waals surface area contributed by atoms with E-state index in [2.05, 4.69) is 4.72 Å². The van der Waals surface area contributed by atoms with Crippen LogP contribution in [0, 0.1) is 5.92 Å². The van der Waals surface area contributed by atoms with Crippen LogP contribution in [0.4, 0.5) is 0 Å². The average Bonchev–Trinajstić information content (AvgIpc) is 2.98. The average molecular weight is 363 g/mol. The summed E-state index contributed by atoms with van der Waals surface area (Å²) < 4.78 is 38.9. The van der Waals surface area contributed by atoms with Crippen LogP contribution in [0.1, 0.15) is 20.3 Å². The first-order valence-electron chi connectivity index (χ1n) is 7.48. The van der Waals surface area contributed by atoms with Gasteiger partial charge in [-0.25, -0.2) is 13.1 Å². The Morgan fingerprint density at radius 3 is 2.83 bits per heavy atom. The van der Waals surface area contributed by atoms with Crippen LogP contribution in [0.15, 0.2) is 23.1 Å². The first-order chi connectivity index (χ1) is 10.7. The van der Waals surface area contributed by atoms with Crippen molar-refractivity contribution in [1.82, 2.24) is 4.72 Å². The van der Waals surface area contributed by atoms with E-state index >= 15 is 0 Å². The molecule has 0 aromatic heterocycles. The van der Waals surface area contributed by atoms with Gasteiger partial charge in [0, 0.05) is 29.6 Å². The second-order valence-electron chi connectivity index (χ2n) is 6.33. The standard InChI is InChI=1S/C15H23ClN2O4S/c1-15(2,10-17)18-23(19,20)14-7-12(16)3-4-13(14)22-9-11-5-6-21-8-11/h3-4,7,11,18H,5-6,8-10,17H2,1-2H3. The Labute approximate surface area is 142 Å². The fourth-order valence-corrected chi connectivity index (χ4v) is 4.03. The van der Waals surface area contributed by atoms with Crippen molar-refractivity contribution in [2.24, 2.45) is 11.7 Å². The third kappa shape index (κ3) is 5.06. The van der Waals surface area contributed by atoms with Gasteiger partial charge in [0.05, 0.1) is 13.2 Å². The number of sulfonamides is 1. The summed E-state index contributed by atoms with van der Waals surface area (Å²) in [4.78, 5) is 0.0189. The topological polar surface area (TPSA) is 90.7 Å². The molecular weight excluding hydrogens is 340 g/mol. The second-order valence-corrected chi connectivity index (χ2v) is 8.41. The van der Waals surface area contributed by atoms with Crippen LogP contribution >= 0.6 is 11.6 Å². The normalized spacial score (nSPS) is 19.0. The van der Waals surface area contributed by atoms with Crippen LogP contribution < -0.4 is 15.2 Å². The molecule has 1 heterocycles. The molecule has 0 spiro atoms. The zero-order valence-corrected chi connectivity index (χ0v) is 14.9. The predicted molar refractivity (Wildman–Crippen MR) is 89.3 cm³/mol. The first kappa shape index (κ1) is 18.5. The molecule has 0 aliphatic carbocycles. The van der Waals surface area contributed by atoms with Crippen LogP contribution in [-0.2, 0) is 14.8 Å². The van der Waals surface area contributed by atoms with Crippen LogP contribution in [0.5, 0.6) is 5.75 Å². The van der Waals surface area contributed by atoms with Crippen molar-refractivity contribution in [2.75, 3.05) is 26.4 Å². The van der Waals surface area contributed by atoms with Gasteiger partial charge in [-0.3, -0.25) is 0 Å². The number of ether oxygens (including phenoxy) is 2. The van der Waals surface area contributed by atoms with Gasteiger partial charge in [0.15, 0.2) is 0 Å². The summed E-state index contributed by atoms with van der Waals surface area (Å²) in [5, 5.41) is 0.326. The van der Waals surface area contributed by atoms with E-state index in [1.807, 2.05) is 0 Å². The van der Waals surface area contributed by atoms with Crippen LogP contribution in [-0.4, -0.2) is 40.3 Å². The molecule has 23 heavy (non-hydrogen) atoms. The SMILES string of the molecule is CC(C)(CN)NS(=O)(=O)c1cc(Cl)ccc1OCC1CCOC1. The van der Waals surface area contributed by atoms with Crippen molar-refractivity contribution < 1.29 is 17.9 Å². The summed E-state index contributed by atoms with van der Waals surface area (Å²) >= 11 is 5.96. The summed E-state index contributed by atoms with van der Waals surface area (Å²) in [6, 6.07) is 4.56. The molecule has 2 rings (SSSR count). The summed E-state index contributed by atoms with van der Waals surface area (Å²) in [6.45, 7) is 5.35. The van der Waals surface area contributed by atoms with Gasteiger partial charge in [-0.2, -0.15) is 0 Å². The highest BCUT2D eigenvalue weighted by atomic mass is 35.5. The van der Waals surface area contributed by atoms with Gasteiger partial charge in [0.1, 0.15) is 10.6 Å². The van der Waals surface area contributed by atoms with Crippen LogP contribution in [0.25, 0.3) is 0 Å². The van der Waals surface area contributed by atoms with Gasteiger partial charge in [-0.05, 0) is 38.5 Å². The van der Waals surface area contributed by atoms with Gasteiger partial charge < -0.3 is 15.2 Å². The van der Waals surface area contributed by atoms with E-state index < -0.39 is 15.6 Å². The van der Waals surface area contributed by atoms with E-state index in [1.54, 1.807) is 26.0 Å². The number of benzene rings is 1. The molecule has 0 amide bonds. The largest absolute Gasteiger partial charge is 0.492 e. The molecule has 6 nitrogen and oxygen atoms in total. The Morgan fingerprint density at radius 2 is 2.22 bits per heavy atom. The highest BCUT2D eigenvalue weighted by Crippen LogP contribution is 2.29. The summed E-state index contributed by atoms with van der Waals surface area (Å²) in [5.74, 6) is 0.552. The van der Waals surface area contributed by atoms with E-state index in [0.717, 1.165) is 6.42 Å². The third-order valence-corrected chi connectivity index (χ3v) is 5.57. The zero-order valence-electron chi connectivity index (χ0n) is 13.3. The Bertz CT molecular complexity index is 643. The molecule has 0 radical (unpaired) electrons. The van der Waals surface area contributed by atoms with E-state index in [9.17, 15) is 8.42 Å². The highest BCUT2D eigenvalue weighted by Gasteiger charge is 2.28. The Hall–Kier alpha value is -0.860. The summed E-state index contributed by atoms with van der Waals surface area (Å²) in [5.41, 5.74) is 4.84. The molecule has 0 saturated carbocycles. The van der Waals surface area contributed by atoms with Gasteiger partial charge in [-0.15, -0.1) is 0 Å². The lowest BCUT2D eigenvalue weighted by molar-refractivity contribution is 0.166. The molecule has 1 aliphatic rings. The number of nitrogens with two attached hydrogens (primary N) is 1. The van der Waals surface area contributed by atoms with E-state index in [0.29, 0.717) is 24.8 Å². The van der Waals surface area contributed by atoms with Crippen LogP contribution in [0.2, 0.25) is 5.02 Å². The Balaban J connectivity index is 2.23. The minimum atomic E-state index is -3.80. The van der Waals surface area contributed by atoms with Crippen molar-refractivity contribution in [2.45, 2.75) is 30.7 Å². The van der Waals surface area contributed by atoms with Crippen molar-refractivity contribution in [3.8, 4) is 5.75 Å². The van der Waals surface area contributed by atoms with E-state index in [1.165, 1.54) is 6.07 Å². The van der Waals surface area contributed by atoms with Crippen molar-refractivity contribution in [3.63, 3.8) is 0 Å². The lowest BCUT2D eigenvalue weighted by atomic mass is 10.1.